The van der Waals surface area contributed by atoms with Gasteiger partial charge in [-0.25, -0.2) is 4.79 Å². The molecule has 2 aromatic carbocycles. The van der Waals surface area contributed by atoms with Gasteiger partial charge in [-0.1, -0.05) is 48.0 Å². The number of amides is 2. The smallest absolute Gasteiger partial charge is 0.418 e. The van der Waals surface area contributed by atoms with E-state index in [-0.39, 0.29) is 10.7 Å². The lowest BCUT2D eigenvalue weighted by Crippen LogP contribution is -2.29. The van der Waals surface area contributed by atoms with Crippen LogP contribution in [0.25, 0.3) is 6.08 Å². The highest BCUT2D eigenvalue weighted by Gasteiger charge is 2.34. The highest BCUT2D eigenvalue weighted by Crippen LogP contribution is 2.38. The Morgan fingerprint density at radius 3 is 2.33 bits per heavy atom. The maximum Gasteiger partial charge on any atom is 0.418 e. The molecule has 0 bridgehead atoms. The summed E-state index contributed by atoms with van der Waals surface area (Å²) < 4.78 is 44.1. The van der Waals surface area contributed by atoms with Gasteiger partial charge >= 0.3 is 12.1 Å². The number of alkyl halides is 3. The van der Waals surface area contributed by atoms with E-state index in [2.05, 4.69) is 5.32 Å². The fraction of sp³-hybridized carbons (Fsp3) is 0.150. The number of hydrogen-bond acceptors (Lipinski definition) is 4. The number of benzene rings is 2. The van der Waals surface area contributed by atoms with Gasteiger partial charge in [-0.2, -0.15) is 13.2 Å². The van der Waals surface area contributed by atoms with Crippen LogP contribution in [0.2, 0.25) is 5.02 Å². The Balaban J connectivity index is 2.10. The first-order chi connectivity index (χ1) is 14.1. The minimum Gasteiger partial charge on any atom is -0.451 e. The van der Waals surface area contributed by atoms with E-state index < -0.39 is 41.8 Å². The van der Waals surface area contributed by atoms with E-state index >= 15 is 0 Å². The van der Waals surface area contributed by atoms with Gasteiger partial charge in [0.1, 0.15) is 5.70 Å². The molecule has 2 amide bonds. The number of carbonyl (C=O) groups is 3. The highest BCUT2D eigenvalue weighted by atomic mass is 35.5. The number of halogens is 4. The first kappa shape index (κ1) is 23.0. The topological polar surface area (TPSA) is 84.5 Å². The number of rotatable bonds is 6. The van der Waals surface area contributed by atoms with Crippen molar-refractivity contribution in [3.8, 4) is 0 Å². The van der Waals surface area contributed by atoms with Crippen LogP contribution in [0.3, 0.4) is 0 Å². The summed E-state index contributed by atoms with van der Waals surface area (Å²) in [5, 5.41) is 3.95. The molecule has 2 N–H and O–H groups in total. The van der Waals surface area contributed by atoms with Gasteiger partial charge in [-0.3, -0.25) is 9.59 Å². The molecular weight excluding hydrogens is 425 g/mol. The molecule has 0 saturated carbocycles. The number of carbonyl (C=O) groups excluding carboxylic acids is 3. The quantitative estimate of drug-likeness (QED) is 0.525. The fourth-order valence-corrected chi connectivity index (χ4v) is 2.55. The number of hydrogen-bond donors (Lipinski definition) is 2. The number of anilines is 1. The summed E-state index contributed by atoms with van der Waals surface area (Å²) >= 11 is 5.76. The average molecular weight is 441 g/mol. The van der Waals surface area contributed by atoms with Crippen molar-refractivity contribution >= 4 is 41.1 Å². The van der Waals surface area contributed by atoms with Crippen LogP contribution in [-0.4, -0.2) is 24.4 Å². The van der Waals surface area contributed by atoms with Crippen LogP contribution in [0.1, 0.15) is 18.1 Å². The van der Waals surface area contributed by atoms with Crippen molar-refractivity contribution in [3.63, 3.8) is 0 Å². The van der Waals surface area contributed by atoms with Crippen molar-refractivity contribution in [2.24, 2.45) is 0 Å². The second-order valence-corrected chi connectivity index (χ2v) is 6.34. The molecule has 2 rings (SSSR count). The average Bonchev–Trinajstić information content (AvgIpc) is 2.66. The highest BCUT2D eigenvalue weighted by molar-refractivity contribution is 6.34. The summed E-state index contributed by atoms with van der Waals surface area (Å²) in [5.41, 5.74) is -1.45. The first-order valence-electron chi connectivity index (χ1n) is 8.45. The molecule has 0 heterocycles. The molecule has 0 radical (unpaired) electrons. The minimum absolute atomic E-state index is 0.241. The van der Waals surface area contributed by atoms with Crippen LogP contribution in [0.15, 0.2) is 54.2 Å². The fourth-order valence-electron chi connectivity index (χ4n) is 2.32. The van der Waals surface area contributed by atoms with Crippen LogP contribution in [0, 0.1) is 0 Å². The van der Waals surface area contributed by atoms with Crippen LogP contribution in [0.5, 0.6) is 0 Å². The normalized spacial score (nSPS) is 11.6. The molecule has 0 unspecified atom stereocenters. The Morgan fingerprint density at radius 2 is 1.73 bits per heavy atom. The summed E-state index contributed by atoms with van der Waals surface area (Å²) in [6.45, 7) is 0.280. The Labute approximate surface area is 174 Å². The summed E-state index contributed by atoms with van der Waals surface area (Å²) in [4.78, 5) is 35.6. The van der Waals surface area contributed by atoms with Crippen molar-refractivity contribution in [2.45, 2.75) is 13.1 Å². The van der Waals surface area contributed by atoms with Gasteiger partial charge in [0.15, 0.2) is 6.61 Å². The Morgan fingerprint density at radius 1 is 1.07 bits per heavy atom. The third kappa shape index (κ3) is 6.63. The molecule has 2 aromatic rings. The van der Waals surface area contributed by atoms with Gasteiger partial charge in [-0.15, -0.1) is 0 Å². The Bertz CT molecular complexity index is 976. The minimum atomic E-state index is -4.75. The summed E-state index contributed by atoms with van der Waals surface area (Å²) in [7, 11) is 0. The first-order valence-corrected chi connectivity index (χ1v) is 8.82. The van der Waals surface area contributed by atoms with Gasteiger partial charge in [0, 0.05) is 6.92 Å². The van der Waals surface area contributed by atoms with E-state index in [0.29, 0.717) is 5.56 Å². The second kappa shape index (κ2) is 9.93. The van der Waals surface area contributed by atoms with Gasteiger partial charge in [0.2, 0.25) is 5.91 Å². The predicted octanol–water partition coefficient (Wildman–Crippen LogP) is 4.02. The van der Waals surface area contributed by atoms with Crippen LogP contribution in [0.4, 0.5) is 18.9 Å². The molecule has 0 atom stereocenters. The van der Waals surface area contributed by atoms with E-state index in [1.807, 2.05) is 5.32 Å². The zero-order chi connectivity index (χ0) is 22.3. The van der Waals surface area contributed by atoms with Gasteiger partial charge in [-0.05, 0) is 23.8 Å². The Hall–Kier alpha value is -3.33. The van der Waals surface area contributed by atoms with E-state index in [0.717, 1.165) is 12.1 Å². The van der Waals surface area contributed by atoms with Gasteiger partial charge in [0.25, 0.3) is 5.91 Å². The van der Waals surface area contributed by atoms with Crippen molar-refractivity contribution in [3.05, 3.63) is 70.4 Å². The van der Waals surface area contributed by atoms with Crippen LogP contribution in [-0.2, 0) is 25.3 Å². The summed E-state index contributed by atoms with van der Waals surface area (Å²) in [5.74, 6) is -2.63. The molecule has 0 spiro atoms. The SMILES string of the molecule is CC(=O)N/C(=C/c1ccccc1)C(=O)OCC(=O)Nc1c(Cl)cccc1C(F)(F)F. The zero-order valence-electron chi connectivity index (χ0n) is 15.5. The molecule has 0 aliphatic carbocycles. The van der Waals surface area contributed by atoms with Gasteiger partial charge in [0.05, 0.1) is 16.3 Å². The lowest BCUT2D eigenvalue weighted by atomic mass is 10.1. The van der Waals surface area contributed by atoms with Crippen molar-refractivity contribution in [1.82, 2.24) is 5.32 Å². The standard InChI is InChI=1S/C20H16ClF3N2O4/c1-12(27)25-16(10-13-6-3-2-4-7-13)19(29)30-11-17(28)26-18-14(20(22,23)24)8-5-9-15(18)21/h2-10H,11H2,1H3,(H,25,27)(H,26,28)/b16-10+. The third-order valence-electron chi connectivity index (χ3n) is 3.56. The van der Waals surface area contributed by atoms with Crippen molar-refractivity contribution in [2.75, 3.05) is 11.9 Å². The lowest BCUT2D eigenvalue weighted by Gasteiger charge is -2.15. The number of nitrogens with one attached hydrogen (secondary N) is 2. The molecule has 0 aliphatic heterocycles. The van der Waals surface area contributed by atoms with Crippen LogP contribution < -0.4 is 10.6 Å². The van der Waals surface area contributed by atoms with E-state index in [1.165, 1.54) is 19.1 Å². The molecule has 10 heteroatoms. The molecule has 6 nitrogen and oxygen atoms in total. The van der Waals surface area contributed by atoms with Crippen LogP contribution >= 0.6 is 11.6 Å². The second-order valence-electron chi connectivity index (χ2n) is 5.93. The molecule has 0 fully saturated rings. The third-order valence-corrected chi connectivity index (χ3v) is 3.87. The Kier molecular flexibility index (Phi) is 7.60. The van der Waals surface area contributed by atoms with Crippen molar-refractivity contribution < 1.29 is 32.3 Å². The molecular formula is C20H16ClF3N2O4. The number of ether oxygens (including phenoxy) is 1. The monoisotopic (exact) mass is 440 g/mol. The number of esters is 1. The maximum atomic E-state index is 13.1. The number of para-hydroxylation sites is 1. The lowest BCUT2D eigenvalue weighted by molar-refractivity contribution is -0.144. The van der Waals surface area contributed by atoms with E-state index in [1.54, 1.807) is 30.3 Å². The molecule has 158 valence electrons. The summed E-state index contributed by atoms with van der Waals surface area (Å²) in [6, 6.07) is 11.5. The molecule has 0 aliphatic rings. The largest absolute Gasteiger partial charge is 0.451 e. The van der Waals surface area contributed by atoms with E-state index in [4.69, 9.17) is 16.3 Å². The molecule has 0 saturated heterocycles. The zero-order valence-corrected chi connectivity index (χ0v) is 16.3. The van der Waals surface area contributed by atoms with E-state index in [9.17, 15) is 27.6 Å². The molecule has 0 aromatic heterocycles. The molecule has 30 heavy (non-hydrogen) atoms. The summed E-state index contributed by atoms with van der Waals surface area (Å²) in [6.07, 6.45) is -3.42. The van der Waals surface area contributed by atoms with Gasteiger partial charge < -0.3 is 15.4 Å². The predicted molar refractivity (Wildman–Crippen MR) is 104 cm³/mol. The maximum absolute atomic E-state index is 13.1. The van der Waals surface area contributed by atoms with Crippen molar-refractivity contribution in [1.29, 1.82) is 0 Å².